The third-order valence-electron chi connectivity index (χ3n) is 5.32. The summed E-state index contributed by atoms with van der Waals surface area (Å²) in [6.45, 7) is 2.25. The first-order chi connectivity index (χ1) is 9.70. The average Bonchev–Trinajstić information content (AvgIpc) is 2.50. The minimum Gasteiger partial charge on any atom is -0.468 e. The van der Waals surface area contributed by atoms with Gasteiger partial charge in [-0.1, -0.05) is 39.0 Å². The fourth-order valence-electron chi connectivity index (χ4n) is 4.11. The van der Waals surface area contributed by atoms with Crippen molar-refractivity contribution in [1.29, 1.82) is 0 Å². The van der Waals surface area contributed by atoms with Gasteiger partial charge in [0.15, 0.2) is 0 Å². The number of carbonyl (C=O) groups is 1. The maximum atomic E-state index is 12.3. The Hall–Kier alpha value is -0.570. The van der Waals surface area contributed by atoms with E-state index in [1.165, 1.54) is 64.9 Å². The van der Waals surface area contributed by atoms with E-state index in [9.17, 15) is 4.79 Å². The van der Waals surface area contributed by atoms with Crippen molar-refractivity contribution in [3.05, 3.63) is 0 Å². The van der Waals surface area contributed by atoms with Crippen molar-refractivity contribution >= 4 is 5.97 Å². The van der Waals surface area contributed by atoms with Crippen molar-refractivity contribution in [2.24, 2.45) is 5.92 Å². The van der Waals surface area contributed by atoms with E-state index >= 15 is 0 Å². The monoisotopic (exact) mass is 281 g/mol. The summed E-state index contributed by atoms with van der Waals surface area (Å²) in [5, 5.41) is 3.71. The molecule has 0 atom stereocenters. The fraction of sp³-hybridized carbons (Fsp3) is 0.941. The number of carbonyl (C=O) groups excluding carboxylic acids is 1. The van der Waals surface area contributed by atoms with E-state index < -0.39 is 0 Å². The zero-order valence-corrected chi connectivity index (χ0v) is 13.2. The highest BCUT2D eigenvalue weighted by atomic mass is 16.5. The summed E-state index contributed by atoms with van der Waals surface area (Å²) in [6, 6.07) is 0.519. The molecule has 0 aromatic heterocycles. The molecule has 2 aliphatic rings. The van der Waals surface area contributed by atoms with Crippen LogP contribution in [0.5, 0.6) is 0 Å². The van der Waals surface area contributed by atoms with Crippen molar-refractivity contribution in [2.75, 3.05) is 7.11 Å². The van der Waals surface area contributed by atoms with Gasteiger partial charge in [-0.15, -0.1) is 0 Å². The third kappa shape index (κ3) is 3.75. The smallest absolute Gasteiger partial charge is 0.326 e. The number of esters is 1. The molecule has 0 radical (unpaired) electrons. The van der Waals surface area contributed by atoms with Gasteiger partial charge in [-0.05, 0) is 44.4 Å². The van der Waals surface area contributed by atoms with Gasteiger partial charge < -0.3 is 4.74 Å². The SMILES string of the molecule is CCCC1CCC(NC2CCCCC2)(C(=O)OC)CC1. The molecule has 0 aliphatic heterocycles. The summed E-state index contributed by atoms with van der Waals surface area (Å²) < 4.78 is 5.13. The van der Waals surface area contributed by atoms with E-state index in [0.717, 1.165) is 18.8 Å². The second-order valence-corrected chi connectivity index (χ2v) is 6.79. The highest BCUT2D eigenvalue weighted by Crippen LogP contribution is 2.36. The Morgan fingerprint density at radius 3 is 2.35 bits per heavy atom. The minimum absolute atomic E-state index is 0.0296. The van der Waals surface area contributed by atoms with Gasteiger partial charge in [0.2, 0.25) is 0 Å². The zero-order chi connectivity index (χ0) is 14.4. The Kier molecular flexibility index (Phi) is 5.88. The van der Waals surface area contributed by atoms with Gasteiger partial charge in [-0.2, -0.15) is 0 Å². The van der Waals surface area contributed by atoms with Crippen LogP contribution in [0.3, 0.4) is 0 Å². The predicted octanol–water partition coefficient (Wildman–Crippen LogP) is 3.81. The molecule has 0 aromatic rings. The lowest BCUT2D eigenvalue weighted by molar-refractivity contribution is -0.151. The van der Waals surface area contributed by atoms with Crippen LogP contribution < -0.4 is 5.32 Å². The Morgan fingerprint density at radius 2 is 1.80 bits per heavy atom. The molecule has 2 aliphatic carbocycles. The number of rotatable bonds is 5. The molecule has 0 spiro atoms. The summed E-state index contributed by atoms with van der Waals surface area (Å²) >= 11 is 0. The number of nitrogens with one attached hydrogen (secondary N) is 1. The molecule has 0 unspecified atom stereocenters. The van der Waals surface area contributed by atoms with Gasteiger partial charge in [0.1, 0.15) is 5.54 Å². The van der Waals surface area contributed by atoms with Crippen molar-refractivity contribution < 1.29 is 9.53 Å². The summed E-state index contributed by atoms with van der Waals surface area (Å²) in [4.78, 5) is 12.3. The van der Waals surface area contributed by atoms with Gasteiger partial charge in [-0.3, -0.25) is 10.1 Å². The summed E-state index contributed by atoms with van der Waals surface area (Å²) in [5.74, 6) is 0.781. The Labute approximate surface area is 123 Å². The van der Waals surface area contributed by atoms with Crippen LogP contribution in [0, 0.1) is 5.92 Å². The predicted molar refractivity (Wildman–Crippen MR) is 81.6 cm³/mol. The topological polar surface area (TPSA) is 38.3 Å². The Balaban J connectivity index is 1.97. The molecule has 0 saturated heterocycles. The van der Waals surface area contributed by atoms with E-state index in [1.54, 1.807) is 0 Å². The van der Waals surface area contributed by atoms with Gasteiger partial charge in [-0.25, -0.2) is 0 Å². The standard InChI is InChI=1S/C17H31NO2/c1-3-7-14-10-12-17(13-11-14,16(19)20-2)18-15-8-5-4-6-9-15/h14-15,18H,3-13H2,1-2H3. The molecule has 3 heteroatoms. The van der Waals surface area contributed by atoms with Crippen LogP contribution in [-0.4, -0.2) is 24.7 Å². The molecule has 2 rings (SSSR count). The first kappa shape index (κ1) is 15.8. The van der Waals surface area contributed by atoms with Crippen LogP contribution in [0.1, 0.15) is 77.6 Å². The van der Waals surface area contributed by atoms with Gasteiger partial charge in [0.25, 0.3) is 0 Å². The van der Waals surface area contributed by atoms with Gasteiger partial charge >= 0.3 is 5.97 Å². The molecule has 0 amide bonds. The molecule has 0 heterocycles. The quantitative estimate of drug-likeness (QED) is 0.779. The maximum absolute atomic E-state index is 12.3. The second-order valence-electron chi connectivity index (χ2n) is 6.79. The van der Waals surface area contributed by atoms with E-state index in [1.807, 2.05) is 0 Å². The van der Waals surface area contributed by atoms with E-state index in [0.29, 0.717) is 6.04 Å². The van der Waals surface area contributed by atoms with Crippen molar-refractivity contribution in [2.45, 2.75) is 89.1 Å². The van der Waals surface area contributed by atoms with Crippen molar-refractivity contribution in [3.8, 4) is 0 Å². The zero-order valence-electron chi connectivity index (χ0n) is 13.2. The highest BCUT2D eigenvalue weighted by Gasteiger charge is 2.43. The van der Waals surface area contributed by atoms with Crippen LogP contribution in [0.15, 0.2) is 0 Å². The summed E-state index contributed by atoms with van der Waals surface area (Å²) in [7, 11) is 1.53. The van der Waals surface area contributed by atoms with Crippen molar-refractivity contribution in [1.82, 2.24) is 5.32 Å². The first-order valence-electron chi connectivity index (χ1n) is 8.56. The number of ether oxygens (including phenoxy) is 1. The van der Waals surface area contributed by atoms with Crippen molar-refractivity contribution in [3.63, 3.8) is 0 Å². The minimum atomic E-state index is -0.388. The summed E-state index contributed by atoms with van der Waals surface area (Å²) in [5.41, 5.74) is -0.388. The average molecular weight is 281 g/mol. The third-order valence-corrected chi connectivity index (χ3v) is 5.32. The lowest BCUT2D eigenvalue weighted by atomic mass is 9.74. The molecule has 0 aromatic carbocycles. The van der Waals surface area contributed by atoms with Crippen LogP contribution in [0.2, 0.25) is 0 Å². The largest absolute Gasteiger partial charge is 0.468 e. The molecule has 2 fully saturated rings. The van der Waals surface area contributed by atoms with Crippen LogP contribution >= 0.6 is 0 Å². The maximum Gasteiger partial charge on any atom is 0.326 e. The summed E-state index contributed by atoms with van der Waals surface area (Å²) in [6.07, 6.45) is 13.2. The molecule has 1 N–H and O–H groups in total. The molecule has 2 saturated carbocycles. The molecule has 0 bridgehead atoms. The normalized spacial score (nSPS) is 32.0. The number of hydrogen-bond donors (Lipinski definition) is 1. The number of methoxy groups -OCH3 is 1. The number of hydrogen-bond acceptors (Lipinski definition) is 3. The first-order valence-corrected chi connectivity index (χ1v) is 8.56. The molecular weight excluding hydrogens is 250 g/mol. The van der Waals surface area contributed by atoms with Crippen LogP contribution in [0.4, 0.5) is 0 Å². The Morgan fingerprint density at radius 1 is 1.15 bits per heavy atom. The van der Waals surface area contributed by atoms with Gasteiger partial charge in [0.05, 0.1) is 7.11 Å². The van der Waals surface area contributed by atoms with Crippen LogP contribution in [-0.2, 0) is 9.53 Å². The highest BCUT2D eigenvalue weighted by molar-refractivity contribution is 5.81. The fourth-order valence-corrected chi connectivity index (χ4v) is 4.11. The second kappa shape index (κ2) is 7.44. The van der Waals surface area contributed by atoms with E-state index in [-0.39, 0.29) is 11.5 Å². The lowest BCUT2D eigenvalue weighted by Crippen LogP contribution is -2.58. The van der Waals surface area contributed by atoms with E-state index in [2.05, 4.69) is 12.2 Å². The molecule has 116 valence electrons. The molecule has 3 nitrogen and oxygen atoms in total. The lowest BCUT2D eigenvalue weighted by Gasteiger charge is -2.41. The molecular formula is C17H31NO2. The Bertz CT molecular complexity index is 302. The van der Waals surface area contributed by atoms with E-state index in [4.69, 9.17) is 4.74 Å². The van der Waals surface area contributed by atoms with Gasteiger partial charge in [0, 0.05) is 6.04 Å². The van der Waals surface area contributed by atoms with Crippen LogP contribution in [0.25, 0.3) is 0 Å². The molecule has 20 heavy (non-hydrogen) atoms.